The smallest absolute Gasteiger partial charge is 0.190 e. The fourth-order valence-electron chi connectivity index (χ4n) is 3.88. The van der Waals surface area contributed by atoms with E-state index in [1.54, 1.807) is 4.90 Å². The van der Waals surface area contributed by atoms with Crippen LogP contribution < -0.4 is 9.80 Å². The monoisotopic (exact) mass is 265 g/mol. The third-order valence-corrected chi connectivity index (χ3v) is 4.80. The molecular formula is C18H21N2+. The van der Waals surface area contributed by atoms with Crippen LogP contribution in [-0.4, -0.2) is 19.1 Å². The summed E-state index contributed by atoms with van der Waals surface area (Å²) in [7, 11) is 0. The molecule has 2 aromatic carbocycles. The van der Waals surface area contributed by atoms with E-state index in [9.17, 15) is 0 Å². The Morgan fingerprint density at radius 2 is 1.70 bits per heavy atom. The van der Waals surface area contributed by atoms with Gasteiger partial charge >= 0.3 is 0 Å². The zero-order chi connectivity index (χ0) is 13.7. The summed E-state index contributed by atoms with van der Waals surface area (Å²) >= 11 is 0. The molecule has 102 valence electrons. The van der Waals surface area contributed by atoms with Gasteiger partial charge in [0.05, 0.1) is 19.1 Å². The first-order valence-electron chi connectivity index (χ1n) is 7.58. The van der Waals surface area contributed by atoms with Gasteiger partial charge in [0.15, 0.2) is 6.17 Å². The molecule has 2 heteroatoms. The van der Waals surface area contributed by atoms with Crippen molar-refractivity contribution in [1.29, 1.82) is 0 Å². The number of quaternary nitrogens is 1. The van der Waals surface area contributed by atoms with Crippen LogP contribution >= 0.6 is 0 Å². The standard InChI is InChI=1S/C18H20N2/c1-13(2)19-11-12-20-17-10-6-5-8-15(17)14-7-3-4-9-16(14)18(19)20/h3-10,13,18H,11-12H2,1-2H3/p+1. The highest BCUT2D eigenvalue weighted by atomic mass is 15.4. The third-order valence-electron chi connectivity index (χ3n) is 4.80. The fourth-order valence-corrected chi connectivity index (χ4v) is 3.88. The molecule has 20 heavy (non-hydrogen) atoms. The summed E-state index contributed by atoms with van der Waals surface area (Å²) in [4.78, 5) is 4.29. The average molecular weight is 265 g/mol. The van der Waals surface area contributed by atoms with Gasteiger partial charge in [-0.15, -0.1) is 0 Å². The van der Waals surface area contributed by atoms with Gasteiger partial charge in [0.2, 0.25) is 0 Å². The van der Waals surface area contributed by atoms with E-state index in [4.69, 9.17) is 0 Å². The Kier molecular flexibility index (Phi) is 2.61. The second kappa shape index (κ2) is 4.35. The van der Waals surface area contributed by atoms with Crippen LogP contribution in [0.5, 0.6) is 0 Å². The molecule has 2 aliphatic heterocycles. The largest absolute Gasteiger partial charge is 0.313 e. The summed E-state index contributed by atoms with van der Waals surface area (Å²) in [6, 6.07) is 18.5. The first-order chi connectivity index (χ1) is 9.77. The summed E-state index contributed by atoms with van der Waals surface area (Å²) < 4.78 is 0. The fraction of sp³-hybridized carbons (Fsp3) is 0.333. The summed E-state index contributed by atoms with van der Waals surface area (Å²) in [5, 5.41) is 0. The summed E-state index contributed by atoms with van der Waals surface area (Å²) in [5.74, 6) is 0. The zero-order valence-corrected chi connectivity index (χ0v) is 12.1. The predicted octanol–water partition coefficient (Wildman–Crippen LogP) is 2.48. The molecule has 0 spiro atoms. The van der Waals surface area contributed by atoms with E-state index in [0.717, 1.165) is 6.54 Å². The number of anilines is 1. The number of hydrogen-bond acceptors (Lipinski definition) is 1. The van der Waals surface area contributed by atoms with Crippen molar-refractivity contribution >= 4 is 5.69 Å². The topological polar surface area (TPSA) is 7.68 Å². The highest BCUT2D eigenvalue weighted by Gasteiger charge is 2.43. The maximum atomic E-state index is 2.60. The van der Waals surface area contributed by atoms with E-state index in [0.29, 0.717) is 12.2 Å². The van der Waals surface area contributed by atoms with Crippen molar-refractivity contribution in [1.82, 2.24) is 0 Å². The van der Waals surface area contributed by atoms with Crippen LogP contribution in [-0.2, 0) is 0 Å². The van der Waals surface area contributed by atoms with E-state index in [1.165, 1.54) is 28.9 Å². The van der Waals surface area contributed by atoms with Crippen LogP contribution in [0.2, 0.25) is 0 Å². The van der Waals surface area contributed by atoms with Crippen molar-refractivity contribution in [3.05, 3.63) is 54.1 Å². The van der Waals surface area contributed by atoms with Crippen molar-refractivity contribution in [3.8, 4) is 11.1 Å². The van der Waals surface area contributed by atoms with Gasteiger partial charge in [-0.1, -0.05) is 42.5 Å². The zero-order valence-electron chi connectivity index (χ0n) is 12.1. The number of nitrogens with zero attached hydrogens (tertiary/aromatic N) is 1. The number of hydrogen-bond donors (Lipinski definition) is 1. The first kappa shape index (κ1) is 12.0. The molecule has 0 amide bonds. The SMILES string of the molecule is CC(C)[NH+]1CCN2c3ccccc3-c3ccccc3C21. The predicted molar refractivity (Wildman–Crippen MR) is 82.9 cm³/mol. The highest BCUT2D eigenvalue weighted by Crippen LogP contribution is 2.43. The molecule has 2 heterocycles. The van der Waals surface area contributed by atoms with Crippen molar-refractivity contribution in [3.63, 3.8) is 0 Å². The highest BCUT2D eigenvalue weighted by molar-refractivity contribution is 5.84. The molecule has 2 aromatic rings. The Labute approximate surface area is 120 Å². The minimum absolute atomic E-state index is 0.487. The molecule has 1 fully saturated rings. The number of para-hydroxylation sites is 1. The van der Waals surface area contributed by atoms with Gasteiger partial charge < -0.3 is 9.80 Å². The van der Waals surface area contributed by atoms with E-state index < -0.39 is 0 Å². The molecule has 2 unspecified atom stereocenters. The lowest BCUT2D eigenvalue weighted by Gasteiger charge is -2.36. The Morgan fingerprint density at radius 1 is 1.00 bits per heavy atom. The summed E-state index contributed by atoms with van der Waals surface area (Å²) in [5.41, 5.74) is 5.72. The lowest BCUT2D eigenvalue weighted by Crippen LogP contribution is -3.14. The van der Waals surface area contributed by atoms with Crippen LogP contribution in [0.3, 0.4) is 0 Å². The van der Waals surface area contributed by atoms with Crippen molar-refractivity contribution < 1.29 is 4.90 Å². The first-order valence-corrected chi connectivity index (χ1v) is 7.58. The second-order valence-electron chi connectivity index (χ2n) is 6.18. The van der Waals surface area contributed by atoms with Gasteiger partial charge in [-0.2, -0.15) is 0 Å². The Balaban J connectivity index is 1.95. The van der Waals surface area contributed by atoms with Gasteiger partial charge in [0, 0.05) is 16.8 Å². The number of rotatable bonds is 1. The Hall–Kier alpha value is -1.80. The maximum Gasteiger partial charge on any atom is 0.190 e. The van der Waals surface area contributed by atoms with E-state index in [-0.39, 0.29) is 0 Å². The molecule has 0 aliphatic carbocycles. The minimum Gasteiger partial charge on any atom is -0.313 e. The molecule has 0 saturated carbocycles. The Bertz CT molecular complexity index is 647. The van der Waals surface area contributed by atoms with Crippen LogP contribution in [0.15, 0.2) is 48.5 Å². The molecule has 0 aromatic heterocycles. The summed E-state index contributed by atoms with van der Waals surface area (Å²) in [6.45, 7) is 7.05. The summed E-state index contributed by atoms with van der Waals surface area (Å²) in [6.07, 6.45) is 0.487. The minimum atomic E-state index is 0.487. The lowest BCUT2D eigenvalue weighted by molar-refractivity contribution is -0.938. The molecule has 0 radical (unpaired) electrons. The number of fused-ring (bicyclic) bond motifs is 6. The van der Waals surface area contributed by atoms with Gasteiger partial charge in [-0.3, -0.25) is 0 Å². The lowest BCUT2D eigenvalue weighted by atomic mass is 9.91. The van der Waals surface area contributed by atoms with Gasteiger partial charge in [-0.05, 0) is 25.5 Å². The van der Waals surface area contributed by atoms with E-state index >= 15 is 0 Å². The number of nitrogens with one attached hydrogen (secondary N) is 1. The van der Waals surface area contributed by atoms with Crippen molar-refractivity contribution in [2.24, 2.45) is 0 Å². The average Bonchev–Trinajstić information content (AvgIpc) is 2.93. The molecule has 2 nitrogen and oxygen atoms in total. The molecule has 1 N–H and O–H groups in total. The molecular weight excluding hydrogens is 244 g/mol. The van der Waals surface area contributed by atoms with Gasteiger partial charge in [0.25, 0.3) is 0 Å². The van der Waals surface area contributed by atoms with Crippen LogP contribution in [0.4, 0.5) is 5.69 Å². The van der Waals surface area contributed by atoms with Crippen LogP contribution in [0.25, 0.3) is 11.1 Å². The molecule has 2 atom stereocenters. The second-order valence-corrected chi connectivity index (χ2v) is 6.18. The van der Waals surface area contributed by atoms with E-state index in [1.807, 2.05) is 0 Å². The van der Waals surface area contributed by atoms with Crippen molar-refractivity contribution in [2.45, 2.75) is 26.1 Å². The molecule has 2 aliphatic rings. The quantitative estimate of drug-likeness (QED) is 0.832. The third kappa shape index (κ3) is 1.55. The van der Waals surface area contributed by atoms with Crippen LogP contribution in [0.1, 0.15) is 25.6 Å². The van der Waals surface area contributed by atoms with E-state index in [2.05, 4.69) is 67.3 Å². The van der Waals surface area contributed by atoms with Crippen LogP contribution in [0, 0.1) is 0 Å². The van der Waals surface area contributed by atoms with Crippen molar-refractivity contribution in [2.75, 3.05) is 18.0 Å². The molecule has 0 bridgehead atoms. The maximum absolute atomic E-state index is 2.60. The normalized spacial score (nSPS) is 23.4. The van der Waals surface area contributed by atoms with Gasteiger partial charge in [-0.25, -0.2) is 0 Å². The molecule has 4 rings (SSSR count). The number of benzene rings is 2. The molecule has 1 saturated heterocycles. The van der Waals surface area contributed by atoms with Gasteiger partial charge in [0.1, 0.15) is 0 Å². The Morgan fingerprint density at radius 3 is 2.50 bits per heavy atom.